The van der Waals surface area contributed by atoms with Crippen molar-refractivity contribution >= 4 is 29.5 Å². The SMILES string of the molecule is CC(C)C[C@@H]([C@@H](O)CC(=O)O)N(Cl)Cl. The standard InChI is InChI=1S/C8H15Cl2NO3/c1-5(2)3-6(11(9)10)7(12)4-8(13)14/h5-7,12H,3-4H2,1-2H3,(H,13,14)/t6-,7-/m0/s1. The first-order valence-corrected chi connectivity index (χ1v) is 5.02. The number of carboxylic acid groups (broad SMARTS) is 1. The molecule has 0 rings (SSSR count). The third-order valence-electron chi connectivity index (χ3n) is 1.79. The van der Waals surface area contributed by atoms with Crippen LogP contribution in [0.15, 0.2) is 0 Å². The van der Waals surface area contributed by atoms with Crippen LogP contribution < -0.4 is 0 Å². The van der Waals surface area contributed by atoms with Crippen LogP contribution >= 0.6 is 23.6 Å². The van der Waals surface area contributed by atoms with Gasteiger partial charge >= 0.3 is 5.97 Å². The maximum Gasteiger partial charge on any atom is 0.306 e. The fraction of sp³-hybridized carbons (Fsp3) is 0.875. The molecule has 2 atom stereocenters. The molecule has 2 N–H and O–H groups in total. The van der Waals surface area contributed by atoms with Crippen LogP contribution in [-0.2, 0) is 4.79 Å². The Morgan fingerprint density at radius 2 is 1.93 bits per heavy atom. The summed E-state index contributed by atoms with van der Waals surface area (Å²) in [5, 5.41) is 18.0. The molecule has 0 amide bonds. The largest absolute Gasteiger partial charge is 0.481 e. The first kappa shape index (κ1) is 14.0. The Bertz CT molecular complexity index is 187. The van der Waals surface area contributed by atoms with Gasteiger partial charge < -0.3 is 10.2 Å². The second-order valence-corrected chi connectivity index (χ2v) is 4.52. The lowest BCUT2D eigenvalue weighted by Crippen LogP contribution is -2.36. The number of aliphatic hydroxyl groups is 1. The van der Waals surface area contributed by atoms with Crippen LogP contribution in [0.5, 0.6) is 0 Å². The minimum Gasteiger partial charge on any atom is -0.481 e. The van der Waals surface area contributed by atoms with Crippen LogP contribution in [0.1, 0.15) is 26.7 Å². The molecule has 0 aliphatic rings. The van der Waals surface area contributed by atoms with Gasteiger partial charge in [0.05, 0.1) is 18.6 Å². The van der Waals surface area contributed by atoms with Gasteiger partial charge in [0.25, 0.3) is 0 Å². The fourth-order valence-electron chi connectivity index (χ4n) is 1.16. The Labute approximate surface area is 93.6 Å². The van der Waals surface area contributed by atoms with Crippen molar-refractivity contribution in [2.24, 2.45) is 5.92 Å². The minimum atomic E-state index is -1.07. The highest BCUT2D eigenvalue weighted by Gasteiger charge is 2.27. The number of aliphatic carboxylic acids is 1. The summed E-state index contributed by atoms with van der Waals surface area (Å²) in [7, 11) is 0. The number of rotatable bonds is 6. The monoisotopic (exact) mass is 243 g/mol. The van der Waals surface area contributed by atoms with Crippen molar-refractivity contribution in [1.82, 2.24) is 3.94 Å². The van der Waals surface area contributed by atoms with Crippen molar-refractivity contribution < 1.29 is 15.0 Å². The molecule has 0 bridgehead atoms. The molecular weight excluding hydrogens is 229 g/mol. The van der Waals surface area contributed by atoms with E-state index in [1.807, 2.05) is 13.8 Å². The second-order valence-electron chi connectivity index (χ2n) is 3.62. The summed E-state index contributed by atoms with van der Waals surface area (Å²) >= 11 is 11.0. The molecule has 0 saturated carbocycles. The molecule has 0 radical (unpaired) electrons. The lowest BCUT2D eigenvalue weighted by atomic mass is 9.98. The van der Waals surface area contributed by atoms with Crippen LogP contribution in [0, 0.1) is 5.92 Å². The number of aliphatic hydroxyl groups excluding tert-OH is 1. The molecule has 0 aromatic heterocycles. The lowest BCUT2D eigenvalue weighted by Gasteiger charge is -2.25. The zero-order chi connectivity index (χ0) is 11.3. The van der Waals surface area contributed by atoms with Gasteiger partial charge in [-0.15, -0.1) is 3.94 Å². The number of hydrogen-bond acceptors (Lipinski definition) is 3. The topological polar surface area (TPSA) is 60.8 Å². The van der Waals surface area contributed by atoms with E-state index in [0.717, 1.165) is 3.94 Å². The highest BCUT2D eigenvalue weighted by Crippen LogP contribution is 2.20. The van der Waals surface area contributed by atoms with E-state index in [9.17, 15) is 9.90 Å². The van der Waals surface area contributed by atoms with E-state index in [2.05, 4.69) is 0 Å². The van der Waals surface area contributed by atoms with E-state index >= 15 is 0 Å². The molecule has 0 unspecified atom stereocenters. The smallest absolute Gasteiger partial charge is 0.306 e. The van der Waals surface area contributed by atoms with Crippen molar-refractivity contribution in [3.05, 3.63) is 0 Å². The number of halogens is 2. The Hall–Kier alpha value is -0.0300. The summed E-state index contributed by atoms with van der Waals surface area (Å²) in [6.45, 7) is 3.88. The Balaban J connectivity index is 4.25. The number of carbonyl (C=O) groups is 1. The van der Waals surface area contributed by atoms with Crippen LogP contribution in [0.2, 0.25) is 0 Å². The highest BCUT2D eigenvalue weighted by molar-refractivity contribution is 6.34. The average molecular weight is 244 g/mol. The average Bonchev–Trinajstić information content (AvgIpc) is 1.97. The lowest BCUT2D eigenvalue weighted by molar-refractivity contribution is -0.139. The van der Waals surface area contributed by atoms with E-state index in [-0.39, 0.29) is 12.3 Å². The van der Waals surface area contributed by atoms with Crippen LogP contribution in [-0.4, -0.2) is 32.3 Å². The Morgan fingerprint density at radius 3 is 2.21 bits per heavy atom. The molecule has 84 valence electrons. The molecule has 4 nitrogen and oxygen atoms in total. The van der Waals surface area contributed by atoms with Crippen molar-refractivity contribution in [2.45, 2.75) is 38.8 Å². The molecule has 0 spiro atoms. The molecule has 0 saturated heterocycles. The maximum absolute atomic E-state index is 10.4. The normalized spacial score (nSPS) is 15.9. The summed E-state index contributed by atoms with van der Waals surface area (Å²) < 4.78 is 0.827. The van der Waals surface area contributed by atoms with Crippen LogP contribution in [0.4, 0.5) is 0 Å². The fourth-order valence-corrected chi connectivity index (χ4v) is 1.58. The van der Waals surface area contributed by atoms with Crippen molar-refractivity contribution in [3.63, 3.8) is 0 Å². The predicted octanol–water partition coefficient (Wildman–Crippen LogP) is 1.85. The zero-order valence-electron chi connectivity index (χ0n) is 8.15. The van der Waals surface area contributed by atoms with Gasteiger partial charge in [-0.1, -0.05) is 13.8 Å². The van der Waals surface area contributed by atoms with E-state index in [1.54, 1.807) is 0 Å². The third-order valence-corrected chi connectivity index (χ3v) is 2.29. The summed E-state index contributed by atoms with van der Waals surface area (Å²) in [6, 6.07) is -0.547. The Morgan fingerprint density at radius 1 is 1.43 bits per heavy atom. The zero-order valence-corrected chi connectivity index (χ0v) is 9.66. The first-order valence-electron chi connectivity index (χ1n) is 4.35. The molecule has 0 fully saturated rings. The second kappa shape index (κ2) is 6.45. The molecule has 0 aromatic rings. The quantitative estimate of drug-likeness (QED) is 0.700. The van der Waals surface area contributed by atoms with Gasteiger partial charge in [0.1, 0.15) is 0 Å². The molecule has 14 heavy (non-hydrogen) atoms. The molecular formula is C8H15Cl2NO3. The van der Waals surface area contributed by atoms with Gasteiger partial charge in [0, 0.05) is 0 Å². The highest BCUT2D eigenvalue weighted by atomic mass is 35.5. The van der Waals surface area contributed by atoms with E-state index in [1.165, 1.54) is 0 Å². The molecule has 6 heteroatoms. The summed E-state index contributed by atoms with van der Waals surface area (Å²) in [5.74, 6) is -0.787. The van der Waals surface area contributed by atoms with E-state index in [0.29, 0.717) is 6.42 Å². The van der Waals surface area contributed by atoms with Gasteiger partial charge in [-0.25, -0.2) is 0 Å². The van der Waals surface area contributed by atoms with Crippen LogP contribution in [0.25, 0.3) is 0 Å². The van der Waals surface area contributed by atoms with E-state index in [4.69, 9.17) is 28.7 Å². The Kier molecular flexibility index (Phi) is 6.44. The number of nitrogens with zero attached hydrogens (tertiary/aromatic N) is 1. The molecule has 0 aromatic carbocycles. The third kappa shape index (κ3) is 5.65. The summed E-state index contributed by atoms with van der Waals surface area (Å²) in [4.78, 5) is 10.4. The minimum absolute atomic E-state index is 0.281. The number of carboxylic acids is 1. The molecule has 0 aliphatic carbocycles. The maximum atomic E-state index is 10.4. The van der Waals surface area contributed by atoms with Gasteiger partial charge in [-0.2, -0.15) is 0 Å². The first-order chi connectivity index (χ1) is 6.34. The van der Waals surface area contributed by atoms with Gasteiger partial charge in [0.2, 0.25) is 0 Å². The van der Waals surface area contributed by atoms with Crippen molar-refractivity contribution in [3.8, 4) is 0 Å². The summed E-state index contributed by atoms with van der Waals surface area (Å²) in [6.07, 6.45) is -0.862. The predicted molar refractivity (Wildman–Crippen MR) is 55.0 cm³/mol. The van der Waals surface area contributed by atoms with Gasteiger partial charge in [0.15, 0.2) is 0 Å². The van der Waals surface area contributed by atoms with Gasteiger partial charge in [-0.3, -0.25) is 4.79 Å². The van der Waals surface area contributed by atoms with Crippen molar-refractivity contribution in [1.29, 1.82) is 0 Å². The van der Waals surface area contributed by atoms with E-state index < -0.39 is 18.1 Å². The van der Waals surface area contributed by atoms with Crippen molar-refractivity contribution in [2.75, 3.05) is 0 Å². The molecule has 0 aliphatic heterocycles. The number of hydrogen-bond donors (Lipinski definition) is 2. The summed E-state index contributed by atoms with van der Waals surface area (Å²) in [5.41, 5.74) is 0. The molecule has 0 heterocycles. The van der Waals surface area contributed by atoms with Gasteiger partial charge in [-0.05, 0) is 35.9 Å². The van der Waals surface area contributed by atoms with Crippen LogP contribution in [0.3, 0.4) is 0 Å².